The van der Waals surface area contributed by atoms with Crippen molar-refractivity contribution in [2.45, 2.75) is 58.8 Å². The molecule has 0 aromatic rings. The predicted octanol–water partition coefficient (Wildman–Crippen LogP) is 3.36. The molecule has 15 heavy (non-hydrogen) atoms. The third-order valence-electron chi connectivity index (χ3n) is 3.40. The van der Waals surface area contributed by atoms with Crippen molar-refractivity contribution in [3.8, 4) is 0 Å². The Labute approximate surface area is 94.3 Å². The van der Waals surface area contributed by atoms with Gasteiger partial charge < -0.3 is 5.73 Å². The molecular formula is C13H26N2. The van der Waals surface area contributed by atoms with Gasteiger partial charge in [0, 0.05) is 13.0 Å². The molecule has 0 aromatic heterocycles. The highest BCUT2D eigenvalue weighted by molar-refractivity contribution is 5.80. The zero-order valence-electron chi connectivity index (χ0n) is 10.3. The molecule has 88 valence electrons. The first kappa shape index (κ1) is 12.5. The second kappa shape index (κ2) is 6.86. The summed E-state index contributed by atoms with van der Waals surface area (Å²) in [5.41, 5.74) is 5.78. The highest BCUT2D eigenvalue weighted by Gasteiger charge is 2.17. The quantitative estimate of drug-likeness (QED) is 0.548. The molecule has 2 heteroatoms. The third-order valence-corrected chi connectivity index (χ3v) is 3.40. The van der Waals surface area contributed by atoms with Gasteiger partial charge in [-0.05, 0) is 31.1 Å². The summed E-state index contributed by atoms with van der Waals surface area (Å²) < 4.78 is 0. The van der Waals surface area contributed by atoms with E-state index in [1.54, 1.807) is 0 Å². The molecular weight excluding hydrogens is 184 g/mol. The summed E-state index contributed by atoms with van der Waals surface area (Å²) in [6, 6.07) is 0. The Kier molecular flexibility index (Phi) is 5.74. The van der Waals surface area contributed by atoms with Crippen LogP contribution in [0.5, 0.6) is 0 Å². The minimum atomic E-state index is 0.848. The standard InChI is InChI=1S/C13H26N2/c1-3-5-13(14)15-9-8-12-7-4-6-11(2)10-12/h11-12H,3-10H2,1-2H3,(H2,14,15). The van der Waals surface area contributed by atoms with Crippen LogP contribution in [0.3, 0.4) is 0 Å². The number of hydrogen-bond acceptors (Lipinski definition) is 1. The Morgan fingerprint density at radius 3 is 2.87 bits per heavy atom. The van der Waals surface area contributed by atoms with Crippen molar-refractivity contribution in [3.63, 3.8) is 0 Å². The van der Waals surface area contributed by atoms with Crippen LogP contribution >= 0.6 is 0 Å². The van der Waals surface area contributed by atoms with E-state index in [1.807, 2.05) is 0 Å². The van der Waals surface area contributed by atoms with Gasteiger partial charge in [-0.3, -0.25) is 4.99 Å². The summed E-state index contributed by atoms with van der Waals surface area (Å²) in [6.45, 7) is 5.47. The van der Waals surface area contributed by atoms with Gasteiger partial charge in [0.25, 0.3) is 0 Å². The van der Waals surface area contributed by atoms with E-state index in [4.69, 9.17) is 5.73 Å². The first-order valence-electron chi connectivity index (χ1n) is 6.51. The van der Waals surface area contributed by atoms with E-state index in [0.29, 0.717) is 0 Å². The van der Waals surface area contributed by atoms with Crippen LogP contribution in [0.15, 0.2) is 4.99 Å². The van der Waals surface area contributed by atoms with E-state index in [2.05, 4.69) is 18.8 Å². The Morgan fingerprint density at radius 2 is 2.20 bits per heavy atom. The van der Waals surface area contributed by atoms with Gasteiger partial charge in [-0.15, -0.1) is 0 Å². The van der Waals surface area contributed by atoms with Gasteiger partial charge >= 0.3 is 0 Å². The molecule has 0 bridgehead atoms. The molecule has 1 aliphatic carbocycles. The van der Waals surface area contributed by atoms with Crippen molar-refractivity contribution in [2.75, 3.05) is 6.54 Å². The number of nitrogens with two attached hydrogens (primary N) is 1. The summed E-state index contributed by atoms with van der Waals surface area (Å²) in [5, 5.41) is 0. The van der Waals surface area contributed by atoms with Crippen LogP contribution in [0.4, 0.5) is 0 Å². The van der Waals surface area contributed by atoms with Crippen molar-refractivity contribution >= 4 is 5.84 Å². The van der Waals surface area contributed by atoms with Crippen molar-refractivity contribution in [2.24, 2.45) is 22.6 Å². The highest BCUT2D eigenvalue weighted by atomic mass is 14.8. The summed E-state index contributed by atoms with van der Waals surface area (Å²) >= 11 is 0. The zero-order valence-corrected chi connectivity index (χ0v) is 10.3. The first-order chi connectivity index (χ1) is 7.22. The molecule has 2 nitrogen and oxygen atoms in total. The van der Waals surface area contributed by atoms with Crippen molar-refractivity contribution in [1.82, 2.24) is 0 Å². The first-order valence-corrected chi connectivity index (χ1v) is 6.51. The lowest BCUT2D eigenvalue weighted by atomic mass is 9.81. The molecule has 1 saturated carbocycles. The fraction of sp³-hybridized carbons (Fsp3) is 0.923. The van der Waals surface area contributed by atoms with Crippen LogP contribution in [0.2, 0.25) is 0 Å². The molecule has 2 atom stereocenters. The lowest BCUT2D eigenvalue weighted by Crippen LogP contribution is -2.16. The van der Waals surface area contributed by atoms with E-state index in [-0.39, 0.29) is 0 Å². The summed E-state index contributed by atoms with van der Waals surface area (Å²) in [6.07, 6.45) is 8.97. The molecule has 0 aliphatic heterocycles. The number of hydrogen-bond donors (Lipinski definition) is 1. The predicted molar refractivity (Wildman–Crippen MR) is 67.1 cm³/mol. The van der Waals surface area contributed by atoms with Gasteiger partial charge in [0.1, 0.15) is 0 Å². The minimum absolute atomic E-state index is 0.848. The SMILES string of the molecule is CCCC(N)=NCCC1CCCC(C)C1. The van der Waals surface area contributed by atoms with Crippen LogP contribution < -0.4 is 5.73 Å². The molecule has 2 N–H and O–H groups in total. The van der Waals surface area contributed by atoms with Crippen LogP contribution in [-0.2, 0) is 0 Å². The summed E-state index contributed by atoms with van der Waals surface area (Å²) in [4.78, 5) is 4.43. The molecule has 0 heterocycles. The average Bonchev–Trinajstić information content (AvgIpc) is 2.18. The van der Waals surface area contributed by atoms with E-state index in [1.165, 1.54) is 32.1 Å². The van der Waals surface area contributed by atoms with Gasteiger partial charge in [-0.2, -0.15) is 0 Å². The van der Waals surface area contributed by atoms with E-state index in [9.17, 15) is 0 Å². The molecule has 1 rings (SSSR count). The fourth-order valence-electron chi connectivity index (χ4n) is 2.55. The maximum Gasteiger partial charge on any atom is 0.0936 e. The van der Waals surface area contributed by atoms with Crippen LogP contribution in [0.1, 0.15) is 58.8 Å². The number of nitrogens with zero attached hydrogens (tertiary/aromatic N) is 1. The van der Waals surface area contributed by atoms with E-state index < -0.39 is 0 Å². The van der Waals surface area contributed by atoms with Gasteiger partial charge in [-0.25, -0.2) is 0 Å². The molecule has 2 unspecified atom stereocenters. The van der Waals surface area contributed by atoms with Gasteiger partial charge in [-0.1, -0.05) is 33.1 Å². The third kappa shape index (κ3) is 5.19. The second-order valence-electron chi connectivity index (χ2n) is 5.05. The van der Waals surface area contributed by atoms with E-state index >= 15 is 0 Å². The topological polar surface area (TPSA) is 38.4 Å². The van der Waals surface area contributed by atoms with E-state index in [0.717, 1.165) is 37.1 Å². The lowest BCUT2D eigenvalue weighted by molar-refractivity contribution is 0.273. The number of rotatable bonds is 5. The summed E-state index contributed by atoms with van der Waals surface area (Å²) in [7, 11) is 0. The normalized spacial score (nSPS) is 28.0. The Bertz CT molecular complexity index is 199. The van der Waals surface area contributed by atoms with Crippen LogP contribution in [-0.4, -0.2) is 12.4 Å². The molecule has 1 aliphatic rings. The maximum absolute atomic E-state index is 5.78. The van der Waals surface area contributed by atoms with Gasteiger partial charge in [0.15, 0.2) is 0 Å². The molecule has 0 spiro atoms. The molecule has 0 radical (unpaired) electrons. The van der Waals surface area contributed by atoms with Crippen molar-refractivity contribution in [1.29, 1.82) is 0 Å². The fourth-order valence-corrected chi connectivity index (χ4v) is 2.55. The highest BCUT2D eigenvalue weighted by Crippen LogP contribution is 2.30. The number of aliphatic imine (C=N–C) groups is 1. The van der Waals surface area contributed by atoms with Crippen molar-refractivity contribution < 1.29 is 0 Å². The lowest BCUT2D eigenvalue weighted by Gasteiger charge is -2.26. The van der Waals surface area contributed by atoms with Crippen molar-refractivity contribution in [3.05, 3.63) is 0 Å². The zero-order chi connectivity index (χ0) is 11.1. The average molecular weight is 210 g/mol. The number of amidine groups is 1. The molecule has 1 fully saturated rings. The Morgan fingerprint density at radius 1 is 1.40 bits per heavy atom. The summed E-state index contributed by atoms with van der Waals surface area (Å²) in [5.74, 6) is 2.69. The Hall–Kier alpha value is -0.530. The van der Waals surface area contributed by atoms with Gasteiger partial charge in [0.05, 0.1) is 5.84 Å². The molecule has 0 amide bonds. The largest absolute Gasteiger partial charge is 0.387 e. The Balaban J connectivity index is 2.16. The smallest absolute Gasteiger partial charge is 0.0936 e. The van der Waals surface area contributed by atoms with Crippen LogP contribution in [0, 0.1) is 11.8 Å². The minimum Gasteiger partial charge on any atom is -0.387 e. The van der Waals surface area contributed by atoms with Gasteiger partial charge in [0.2, 0.25) is 0 Å². The molecule has 0 saturated heterocycles. The van der Waals surface area contributed by atoms with Crippen LogP contribution in [0.25, 0.3) is 0 Å². The second-order valence-corrected chi connectivity index (χ2v) is 5.05. The molecule has 0 aromatic carbocycles. The maximum atomic E-state index is 5.78. The monoisotopic (exact) mass is 210 g/mol.